The number of hydrogen-bond donors (Lipinski definition) is 1. The second-order valence-electron chi connectivity index (χ2n) is 4.92. The average Bonchev–Trinajstić information content (AvgIpc) is 2.96. The van der Waals surface area contributed by atoms with Gasteiger partial charge in [0.15, 0.2) is 11.5 Å². The van der Waals surface area contributed by atoms with Crippen molar-refractivity contribution in [2.24, 2.45) is 0 Å². The smallest absolute Gasteiger partial charge is 0.305 e. The van der Waals surface area contributed by atoms with Crippen molar-refractivity contribution in [2.75, 3.05) is 24.6 Å². The number of carboxylic acids is 1. The summed E-state index contributed by atoms with van der Waals surface area (Å²) in [6, 6.07) is 0. The second kappa shape index (κ2) is 6.00. The lowest BCUT2D eigenvalue weighted by atomic mass is 10.1. The number of rotatable bonds is 5. The summed E-state index contributed by atoms with van der Waals surface area (Å²) in [5.41, 5.74) is 0.618. The molecule has 3 heterocycles. The van der Waals surface area contributed by atoms with Gasteiger partial charge >= 0.3 is 5.97 Å². The van der Waals surface area contributed by atoms with Gasteiger partial charge in [-0.15, -0.1) is 5.10 Å². The van der Waals surface area contributed by atoms with E-state index in [2.05, 4.69) is 25.4 Å². The Kier molecular flexibility index (Phi) is 3.91. The third kappa shape index (κ3) is 3.07. The molecule has 0 unspecified atom stereocenters. The summed E-state index contributed by atoms with van der Waals surface area (Å²) in [7, 11) is 0. The van der Waals surface area contributed by atoms with Gasteiger partial charge in [0.05, 0.1) is 31.5 Å². The largest absolute Gasteiger partial charge is 0.481 e. The van der Waals surface area contributed by atoms with Gasteiger partial charge in [0.2, 0.25) is 0 Å². The number of ether oxygens (including phenoxy) is 1. The topological polar surface area (TPSA) is 106 Å². The van der Waals surface area contributed by atoms with Crippen molar-refractivity contribution in [1.29, 1.82) is 0 Å². The molecule has 0 aliphatic carbocycles. The molecule has 0 radical (unpaired) electrons. The summed E-state index contributed by atoms with van der Waals surface area (Å²) in [5.74, 6) is 0.0327. The summed E-state index contributed by atoms with van der Waals surface area (Å²) < 4.78 is 7.25. The Balaban J connectivity index is 1.58. The van der Waals surface area contributed by atoms with Crippen LogP contribution in [0.15, 0.2) is 12.4 Å². The molecular formula is C12H16N6O3. The van der Waals surface area contributed by atoms with E-state index in [1.165, 1.54) is 0 Å². The van der Waals surface area contributed by atoms with Gasteiger partial charge in [-0.3, -0.25) is 9.78 Å². The highest BCUT2D eigenvalue weighted by Gasteiger charge is 2.22. The first-order valence-electron chi connectivity index (χ1n) is 6.84. The number of tetrazole rings is 1. The molecule has 0 aromatic carbocycles. The van der Waals surface area contributed by atoms with Gasteiger partial charge in [-0.25, -0.2) is 0 Å². The zero-order valence-electron chi connectivity index (χ0n) is 11.4. The van der Waals surface area contributed by atoms with Gasteiger partial charge in [0.25, 0.3) is 0 Å². The Morgan fingerprint density at radius 2 is 2.19 bits per heavy atom. The fourth-order valence-electron chi connectivity index (χ4n) is 2.44. The van der Waals surface area contributed by atoms with Gasteiger partial charge in [-0.1, -0.05) is 0 Å². The molecule has 3 rings (SSSR count). The molecule has 2 aromatic heterocycles. The first-order valence-corrected chi connectivity index (χ1v) is 6.84. The van der Waals surface area contributed by atoms with Crippen LogP contribution in [0.2, 0.25) is 0 Å². The zero-order valence-corrected chi connectivity index (χ0v) is 11.4. The van der Waals surface area contributed by atoms with E-state index in [-0.39, 0.29) is 19.1 Å². The molecule has 0 saturated carbocycles. The lowest BCUT2D eigenvalue weighted by Gasteiger charge is -2.32. The number of fused-ring (bicyclic) bond motifs is 1. The monoisotopic (exact) mass is 292 g/mol. The SMILES string of the molecule is O=C(O)CCOC1CCN(c2cncc3nnnn23)CC1. The second-order valence-corrected chi connectivity index (χ2v) is 4.92. The van der Waals surface area contributed by atoms with Crippen molar-refractivity contribution in [2.45, 2.75) is 25.4 Å². The predicted molar refractivity (Wildman–Crippen MR) is 72.0 cm³/mol. The molecule has 9 heteroatoms. The predicted octanol–water partition coefficient (Wildman–Crippen LogP) is -0.0206. The molecule has 9 nitrogen and oxygen atoms in total. The third-order valence-electron chi connectivity index (χ3n) is 3.53. The van der Waals surface area contributed by atoms with Crippen LogP contribution in [0.1, 0.15) is 19.3 Å². The minimum absolute atomic E-state index is 0.0497. The first-order chi connectivity index (χ1) is 10.2. The number of anilines is 1. The maximum absolute atomic E-state index is 10.5. The van der Waals surface area contributed by atoms with Gasteiger partial charge in [-0.05, 0) is 23.3 Å². The van der Waals surface area contributed by atoms with Crippen LogP contribution in [-0.4, -0.2) is 61.9 Å². The van der Waals surface area contributed by atoms with Crippen molar-refractivity contribution in [3.63, 3.8) is 0 Å². The van der Waals surface area contributed by atoms with Gasteiger partial charge < -0.3 is 14.7 Å². The van der Waals surface area contributed by atoms with Gasteiger partial charge in [-0.2, -0.15) is 4.52 Å². The summed E-state index contributed by atoms with van der Waals surface area (Å²) in [6.45, 7) is 1.88. The van der Waals surface area contributed by atoms with Crippen molar-refractivity contribution in [3.05, 3.63) is 12.4 Å². The van der Waals surface area contributed by atoms with E-state index < -0.39 is 5.97 Å². The molecule has 1 saturated heterocycles. The normalized spacial score (nSPS) is 16.5. The molecule has 1 aliphatic rings. The van der Waals surface area contributed by atoms with Crippen LogP contribution in [0.5, 0.6) is 0 Å². The molecule has 0 bridgehead atoms. The number of carboxylic acid groups (broad SMARTS) is 1. The Hall–Kier alpha value is -2.29. The Labute approximate surface area is 120 Å². The standard InChI is InChI=1S/C12H16N6O3/c19-12(20)3-6-21-9-1-4-17(5-2-9)11-8-13-7-10-14-15-16-18(10)11/h7-9H,1-6H2,(H,19,20). The third-order valence-corrected chi connectivity index (χ3v) is 3.53. The van der Waals surface area contributed by atoms with E-state index >= 15 is 0 Å². The van der Waals surface area contributed by atoms with Crippen LogP contribution in [-0.2, 0) is 9.53 Å². The van der Waals surface area contributed by atoms with Crippen molar-refractivity contribution >= 4 is 17.4 Å². The van der Waals surface area contributed by atoms with E-state index in [1.807, 2.05) is 0 Å². The first kappa shape index (κ1) is 13.7. The highest BCUT2D eigenvalue weighted by Crippen LogP contribution is 2.20. The minimum atomic E-state index is -0.830. The number of aliphatic carboxylic acids is 1. The van der Waals surface area contributed by atoms with Crippen molar-refractivity contribution in [3.8, 4) is 0 Å². The zero-order chi connectivity index (χ0) is 14.7. The quantitative estimate of drug-likeness (QED) is 0.819. The Morgan fingerprint density at radius 1 is 1.38 bits per heavy atom. The molecule has 1 fully saturated rings. The molecule has 112 valence electrons. The number of aromatic nitrogens is 5. The van der Waals surface area contributed by atoms with E-state index in [9.17, 15) is 4.79 Å². The summed E-state index contributed by atoms with van der Waals surface area (Å²) >= 11 is 0. The molecule has 1 N–H and O–H groups in total. The van der Waals surface area contributed by atoms with Crippen LogP contribution in [0.4, 0.5) is 5.82 Å². The maximum Gasteiger partial charge on any atom is 0.305 e. The fourth-order valence-corrected chi connectivity index (χ4v) is 2.44. The van der Waals surface area contributed by atoms with Crippen molar-refractivity contribution < 1.29 is 14.6 Å². The summed E-state index contributed by atoms with van der Waals surface area (Å²) in [6.07, 6.45) is 5.21. The molecular weight excluding hydrogens is 276 g/mol. The number of carbonyl (C=O) groups is 1. The van der Waals surface area contributed by atoms with Crippen LogP contribution >= 0.6 is 0 Å². The van der Waals surface area contributed by atoms with Crippen LogP contribution in [0, 0.1) is 0 Å². The molecule has 0 amide bonds. The maximum atomic E-state index is 10.5. The van der Waals surface area contributed by atoms with Gasteiger partial charge in [0.1, 0.15) is 0 Å². The minimum Gasteiger partial charge on any atom is -0.481 e. The van der Waals surface area contributed by atoms with E-state index in [0.29, 0.717) is 5.65 Å². The lowest BCUT2D eigenvalue weighted by molar-refractivity contribution is -0.138. The summed E-state index contributed by atoms with van der Waals surface area (Å²) in [5, 5.41) is 20.1. The molecule has 0 atom stereocenters. The highest BCUT2D eigenvalue weighted by atomic mass is 16.5. The van der Waals surface area contributed by atoms with Crippen LogP contribution < -0.4 is 4.90 Å². The number of nitrogens with zero attached hydrogens (tertiary/aromatic N) is 6. The lowest BCUT2D eigenvalue weighted by Crippen LogP contribution is -2.38. The van der Waals surface area contributed by atoms with E-state index in [1.54, 1.807) is 16.9 Å². The number of piperidine rings is 1. The molecule has 0 spiro atoms. The fraction of sp³-hybridized carbons (Fsp3) is 0.583. The molecule has 21 heavy (non-hydrogen) atoms. The molecule has 1 aliphatic heterocycles. The highest BCUT2D eigenvalue weighted by molar-refractivity contribution is 5.66. The Morgan fingerprint density at radius 3 is 2.95 bits per heavy atom. The van der Waals surface area contributed by atoms with Crippen LogP contribution in [0.25, 0.3) is 5.65 Å². The van der Waals surface area contributed by atoms with Crippen LogP contribution in [0.3, 0.4) is 0 Å². The number of hydrogen-bond acceptors (Lipinski definition) is 7. The van der Waals surface area contributed by atoms with E-state index in [4.69, 9.17) is 9.84 Å². The van der Waals surface area contributed by atoms with Crippen molar-refractivity contribution in [1.82, 2.24) is 25.0 Å². The average molecular weight is 292 g/mol. The molecule has 2 aromatic rings. The Bertz CT molecular complexity index is 622. The van der Waals surface area contributed by atoms with Gasteiger partial charge in [0, 0.05) is 13.1 Å². The van der Waals surface area contributed by atoms with E-state index in [0.717, 1.165) is 31.7 Å². The summed E-state index contributed by atoms with van der Waals surface area (Å²) in [4.78, 5) is 16.8.